The highest BCUT2D eigenvalue weighted by molar-refractivity contribution is 5.00. The van der Waals surface area contributed by atoms with Crippen LogP contribution in [0.25, 0.3) is 0 Å². The average molecular weight is 253 g/mol. The second-order valence-electron chi connectivity index (χ2n) is 4.77. The molecule has 0 aliphatic rings. The maximum absolute atomic E-state index is 5.95. The molecule has 0 radical (unpaired) electrons. The standard InChI is InChI=1S/C14H27N3O/c1-6-14(4,18-8-3)12(15-5)11-13-16-9-10-17(13)7-2/h9-10,12,15H,6-8,11H2,1-5H3. The van der Waals surface area contributed by atoms with E-state index in [2.05, 4.69) is 35.6 Å². The van der Waals surface area contributed by atoms with Crippen LogP contribution < -0.4 is 5.32 Å². The van der Waals surface area contributed by atoms with Crippen molar-refractivity contribution in [3.05, 3.63) is 18.2 Å². The Morgan fingerprint density at radius 3 is 2.67 bits per heavy atom. The molecule has 0 saturated heterocycles. The lowest BCUT2D eigenvalue weighted by Gasteiger charge is -2.36. The van der Waals surface area contributed by atoms with Crippen molar-refractivity contribution in [1.82, 2.24) is 14.9 Å². The third kappa shape index (κ3) is 3.33. The molecular weight excluding hydrogens is 226 g/mol. The normalized spacial score (nSPS) is 16.5. The van der Waals surface area contributed by atoms with Gasteiger partial charge in [-0.15, -0.1) is 0 Å². The fraction of sp³-hybridized carbons (Fsp3) is 0.786. The first-order valence-corrected chi connectivity index (χ1v) is 6.92. The minimum Gasteiger partial charge on any atom is -0.374 e. The predicted molar refractivity (Wildman–Crippen MR) is 74.8 cm³/mol. The molecule has 1 rings (SSSR count). The van der Waals surface area contributed by atoms with Gasteiger partial charge in [0, 0.05) is 38.0 Å². The highest BCUT2D eigenvalue weighted by atomic mass is 16.5. The van der Waals surface area contributed by atoms with Crippen LogP contribution in [-0.4, -0.2) is 34.8 Å². The van der Waals surface area contributed by atoms with E-state index in [9.17, 15) is 0 Å². The molecule has 0 aliphatic carbocycles. The maximum Gasteiger partial charge on any atom is 0.110 e. The molecule has 1 heterocycles. The molecule has 2 unspecified atom stereocenters. The van der Waals surface area contributed by atoms with Crippen molar-refractivity contribution >= 4 is 0 Å². The largest absolute Gasteiger partial charge is 0.374 e. The van der Waals surface area contributed by atoms with Gasteiger partial charge in [-0.05, 0) is 34.2 Å². The zero-order valence-corrected chi connectivity index (χ0v) is 12.4. The second-order valence-corrected chi connectivity index (χ2v) is 4.77. The molecule has 4 nitrogen and oxygen atoms in total. The summed E-state index contributed by atoms with van der Waals surface area (Å²) in [6.07, 6.45) is 5.78. The van der Waals surface area contributed by atoms with Crippen molar-refractivity contribution in [3.63, 3.8) is 0 Å². The van der Waals surface area contributed by atoms with Crippen LogP contribution in [0.2, 0.25) is 0 Å². The van der Waals surface area contributed by atoms with Gasteiger partial charge >= 0.3 is 0 Å². The molecule has 0 amide bonds. The van der Waals surface area contributed by atoms with Gasteiger partial charge in [-0.3, -0.25) is 0 Å². The Morgan fingerprint density at radius 2 is 2.17 bits per heavy atom. The Balaban J connectivity index is 2.83. The molecule has 1 N–H and O–H groups in total. The van der Waals surface area contributed by atoms with Crippen LogP contribution in [0.15, 0.2) is 12.4 Å². The quantitative estimate of drug-likeness (QED) is 0.772. The zero-order valence-electron chi connectivity index (χ0n) is 12.4. The molecule has 0 fully saturated rings. The topological polar surface area (TPSA) is 39.1 Å². The van der Waals surface area contributed by atoms with E-state index >= 15 is 0 Å². The SMILES string of the molecule is CCOC(C)(CC)C(Cc1nccn1CC)NC. The van der Waals surface area contributed by atoms with Gasteiger partial charge in [0.2, 0.25) is 0 Å². The second kappa shape index (κ2) is 6.90. The maximum atomic E-state index is 5.95. The molecular formula is C14H27N3O. The summed E-state index contributed by atoms with van der Waals surface area (Å²) in [5.41, 5.74) is -0.145. The monoisotopic (exact) mass is 253 g/mol. The third-order valence-electron chi connectivity index (χ3n) is 3.79. The summed E-state index contributed by atoms with van der Waals surface area (Å²) >= 11 is 0. The van der Waals surface area contributed by atoms with Gasteiger partial charge in [0.25, 0.3) is 0 Å². The van der Waals surface area contributed by atoms with Gasteiger partial charge in [0.1, 0.15) is 5.82 Å². The van der Waals surface area contributed by atoms with Crippen LogP contribution in [0.3, 0.4) is 0 Å². The summed E-state index contributed by atoms with van der Waals surface area (Å²) < 4.78 is 8.14. The van der Waals surface area contributed by atoms with E-state index in [1.54, 1.807) is 0 Å². The number of ether oxygens (including phenoxy) is 1. The van der Waals surface area contributed by atoms with Crippen LogP contribution >= 0.6 is 0 Å². The fourth-order valence-electron chi connectivity index (χ4n) is 2.40. The minimum atomic E-state index is -0.145. The highest BCUT2D eigenvalue weighted by Crippen LogP contribution is 2.22. The van der Waals surface area contributed by atoms with Crippen molar-refractivity contribution < 1.29 is 4.74 Å². The number of imidazole rings is 1. The van der Waals surface area contributed by atoms with Crippen LogP contribution in [0.4, 0.5) is 0 Å². The molecule has 0 bridgehead atoms. The van der Waals surface area contributed by atoms with E-state index < -0.39 is 0 Å². The molecule has 104 valence electrons. The number of hydrogen-bond acceptors (Lipinski definition) is 3. The number of aryl methyl sites for hydroxylation is 1. The van der Waals surface area contributed by atoms with Crippen LogP contribution in [0, 0.1) is 0 Å². The minimum absolute atomic E-state index is 0.145. The fourth-order valence-corrected chi connectivity index (χ4v) is 2.40. The summed E-state index contributed by atoms with van der Waals surface area (Å²) in [6.45, 7) is 10.2. The Bertz CT molecular complexity index is 351. The molecule has 0 aliphatic heterocycles. The lowest BCUT2D eigenvalue weighted by molar-refractivity contribution is -0.0539. The van der Waals surface area contributed by atoms with Gasteiger partial charge < -0.3 is 14.6 Å². The van der Waals surface area contributed by atoms with Gasteiger partial charge in [-0.1, -0.05) is 6.92 Å². The first-order valence-electron chi connectivity index (χ1n) is 6.92. The van der Waals surface area contributed by atoms with Gasteiger partial charge in [-0.2, -0.15) is 0 Å². The Morgan fingerprint density at radius 1 is 1.44 bits per heavy atom. The van der Waals surface area contributed by atoms with Crippen LogP contribution in [0.5, 0.6) is 0 Å². The number of aromatic nitrogens is 2. The van der Waals surface area contributed by atoms with Crippen molar-refractivity contribution in [2.24, 2.45) is 0 Å². The van der Waals surface area contributed by atoms with Crippen molar-refractivity contribution in [3.8, 4) is 0 Å². The van der Waals surface area contributed by atoms with E-state index in [0.29, 0.717) is 0 Å². The smallest absolute Gasteiger partial charge is 0.110 e. The third-order valence-corrected chi connectivity index (χ3v) is 3.79. The highest BCUT2D eigenvalue weighted by Gasteiger charge is 2.33. The summed E-state index contributed by atoms with van der Waals surface area (Å²) in [5, 5.41) is 3.39. The number of hydrogen-bond donors (Lipinski definition) is 1. The van der Waals surface area contributed by atoms with Gasteiger partial charge in [0.15, 0.2) is 0 Å². The first-order chi connectivity index (χ1) is 8.61. The summed E-state index contributed by atoms with van der Waals surface area (Å²) in [5.74, 6) is 1.12. The average Bonchev–Trinajstić information content (AvgIpc) is 2.83. The Kier molecular flexibility index (Phi) is 5.82. The van der Waals surface area contributed by atoms with Crippen molar-refractivity contribution in [2.75, 3.05) is 13.7 Å². The molecule has 0 saturated carbocycles. The predicted octanol–water partition coefficient (Wildman–Crippen LogP) is 2.24. The number of nitrogens with one attached hydrogen (secondary N) is 1. The Labute approximate surface area is 111 Å². The van der Waals surface area contributed by atoms with E-state index in [0.717, 1.165) is 31.8 Å². The van der Waals surface area contributed by atoms with Crippen molar-refractivity contribution in [1.29, 1.82) is 0 Å². The zero-order chi connectivity index (χ0) is 13.6. The first kappa shape index (κ1) is 15.2. The van der Waals surface area contributed by atoms with E-state index in [1.165, 1.54) is 0 Å². The molecule has 1 aromatic rings. The van der Waals surface area contributed by atoms with Gasteiger partial charge in [-0.25, -0.2) is 4.98 Å². The van der Waals surface area contributed by atoms with Crippen LogP contribution in [-0.2, 0) is 17.7 Å². The van der Waals surface area contributed by atoms with E-state index in [1.807, 2.05) is 26.4 Å². The summed E-state index contributed by atoms with van der Waals surface area (Å²) in [4.78, 5) is 4.45. The molecule has 2 atom stereocenters. The van der Waals surface area contributed by atoms with Gasteiger partial charge in [0.05, 0.1) is 5.60 Å². The Hall–Kier alpha value is -0.870. The number of rotatable bonds is 8. The number of nitrogens with zero attached hydrogens (tertiary/aromatic N) is 2. The van der Waals surface area contributed by atoms with E-state index in [4.69, 9.17) is 4.74 Å². The molecule has 1 aromatic heterocycles. The molecule has 0 aromatic carbocycles. The van der Waals surface area contributed by atoms with Crippen LogP contribution in [0.1, 0.15) is 39.9 Å². The lowest BCUT2D eigenvalue weighted by Crippen LogP contribution is -2.50. The number of likely N-dealkylation sites (N-methyl/N-ethyl adjacent to an activating group) is 1. The van der Waals surface area contributed by atoms with E-state index in [-0.39, 0.29) is 11.6 Å². The molecule has 18 heavy (non-hydrogen) atoms. The van der Waals surface area contributed by atoms with Crippen molar-refractivity contribution in [2.45, 2.75) is 58.7 Å². The summed E-state index contributed by atoms with van der Waals surface area (Å²) in [7, 11) is 2.00. The molecule has 4 heteroatoms. The summed E-state index contributed by atoms with van der Waals surface area (Å²) in [6, 6.07) is 0.273. The molecule has 0 spiro atoms. The lowest BCUT2D eigenvalue weighted by atomic mass is 9.90.